The molecule has 0 atom stereocenters. The van der Waals surface area contributed by atoms with Crippen molar-refractivity contribution in [3.8, 4) is 0 Å². The molecule has 0 fully saturated rings. The Bertz CT molecular complexity index is 1160. The van der Waals surface area contributed by atoms with Gasteiger partial charge in [-0.2, -0.15) is 0 Å². The second-order valence-corrected chi connectivity index (χ2v) is 7.51. The second-order valence-electron chi connectivity index (χ2n) is 7.51. The van der Waals surface area contributed by atoms with E-state index in [-0.39, 0.29) is 17.0 Å². The summed E-state index contributed by atoms with van der Waals surface area (Å²) in [5, 5.41) is 2.73. The molecule has 158 valence electrons. The summed E-state index contributed by atoms with van der Waals surface area (Å²) >= 11 is 0. The molecule has 8 nitrogen and oxygen atoms in total. The van der Waals surface area contributed by atoms with Crippen LogP contribution in [0.1, 0.15) is 34.0 Å². The highest BCUT2D eigenvalue weighted by Gasteiger charge is 2.27. The predicted molar refractivity (Wildman–Crippen MR) is 116 cm³/mol. The fraction of sp³-hybridized carbons (Fsp3) is 0.261. The summed E-state index contributed by atoms with van der Waals surface area (Å²) in [6, 6.07) is 9.86. The Kier molecular flexibility index (Phi) is 5.88. The lowest BCUT2D eigenvalue weighted by atomic mass is 9.95. The van der Waals surface area contributed by atoms with Crippen molar-refractivity contribution in [2.75, 3.05) is 11.9 Å². The molecule has 1 aliphatic rings. The quantitative estimate of drug-likeness (QED) is 0.685. The molecule has 31 heavy (non-hydrogen) atoms. The van der Waals surface area contributed by atoms with Crippen LogP contribution in [0.25, 0.3) is 0 Å². The van der Waals surface area contributed by atoms with Crippen LogP contribution in [0.5, 0.6) is 0 Å². The van der Waals surface area contributed by atoms with Crippen LogP contribution in [-0.2, 0) is 30.7 Å². The number of carbonyl (C=O) groups excluding carboxylic acids is 2. The molecule has 0 aliphatic carbocycles. The van der Waals surface area contributed by atoms with Gasteiger partial charge in [-0.3, -0.25) is 14.4 Å². The minimum atomic E-state index is -0.485. The first-order chi connectivity index (χ1) is 15.0. The number of aromatic nitrogens is 3. The van der Waals surface area contributed by atoms with Gasteiger partial charge in [-0.1, -0.05) is 30.3 Å². The molecule has 1 N–H and O–H groups in total. The van der Waals surface area contributed by atoms with Gasteiger partial charge in [0.05, 0.1) is 18.1 Å². The summed E-state index contributed by atoms with van der Waals surface area (Å²) in [4.78, 5) is 47.8. The zero-order chi connectivity index (χ0) is 21.8. The standard InChI is InChI=1S/C23H23N5O3/c1-16(29)27-10-8-20-18(13-27)14-28(9-7-17-5-3-2-4-6-17)23(31)21(20)22(30)26-19-11-24-15-25-12-19/h2-6,11-12,14-15H,7-10,13H2,1H3,(H,26,30). The van der Waals surface area contributed by atoms with Gasteiger partial charge in [0.2, 0.25) is 5.91 Å². The van der Waals surface area contributed by atoms with Crippen LogP contribution in [0.2, 0.25) is 0 Å². The van der Waals surface area contributed by atoms with Crippen molar-refractivity contribution >= 4 is 17.5 Å². The highest BCUT2D eigenvalue weighted by atomic mass is 16.2. The number of rotatable bonds is 5. The van der Waals surface area contributed by atoms with Crippen LogP contribution < -0.4 is 10.9 Å². The van der Waals surface area contributed by atoms with Crippen molar-refractivity contribution in [3.63, 3.8) is 0 Å². The number of nitrogens with zero attached hydrogens (tertiary/aromatic N) is 4. The normalized spacial score (nSPS) is 12.9. The van der Waals surface area contributed by atoms with Gasteiger partial charge in [0.25, 0.3) is 11.5 Å². The van der Waals surface area contributed by atoms with Gasteiger partial charge < -0.3 is 14.8 Å². The molecular weight excluding hydrogens is 394 g/mol. The third kappa shape index (κ3) is 4.53. The molecule has 2 amide bonds. The van der Waals surface area contributed by atoms with E-state index in [1.807, 2.05) is 30.3 Å². The van der Waals surface area contributed by atoms with E-state index in [0.717, 1.165) is 11.1 Å². The maximum absolute atomic E-state index is 13.3. The lowest BCUT2D eigenvalue weighted by Crippen LogP contribution is -2.39. The van der Waals surface area contributed by atoms with Crippen LogP contribution in [0.15, 0.2) is 60.0 Å². The number of amides is 2. The number of hydrogen-bond donors (Lipinski definition) is 1. The third-order valence-corrected chi connectivity index (χ3v) is 5.44. The largest absolute Gasteiger partial charge is 0.338 e. The van der Waals surface area contributed by atoms with E-state index in [2.05, 4.69) is 15.3 Å². The number of fused-ring (bicyclic) bond motifs is 1. The minimum absolute atomic E-state index is 0.0277. The van der Waals surface area contributed by atoms with E-state index < -0.39 is 5.91 Å². The molecule has 0 radical (unpaired) electrons. The molecule has 1 aromatic carbocycles. The van der Waals surface area contributed by atoms with Gasteiger partial charge in [0, 0.05) is 32.8 Å². The Balaban J connectivity index is 1.71. The van der Waals surface area contributed by atoms with Gasteiger partial charge in [0.1, 0.15) is 11.9 Å². The number of aryl methyl sites for hydroxylation is 2. The first-order valence-corrected chi connectivity index (χ1v) is 10.1. The third-order valence-electron chi connectivity index (χ3n) is 5.44. The predicted octanol–water partition coefficient (Wildman–Crippen LogP) is 2.04. The Labute approximate surface area is 179 Å². The first kappa shape index (κ1) is 20.5. The van der Waals surface area contributed by atoms with Crippen molar-refractivity contribution < 1.29 is 9.59 Å². The minimum Gasteiger partial charge on any atom is -0.338 e. The fourth-order valence-electron chi connectivity index (χ4n) is 3.83. The van der Waals surface area contributed by atoms with E-state index in [4.69, 9.17) is 0 Å². The Morgan fingerprint density at radius 2 is 1.87 bits per heavy atom. The zero-order valence-corrected chi connectivity index (χ0v) is 17.2. The average molecular weight is 417 g/mol. The Morgan fingerprint density at radius 1 is 1.13 bits per heavy atom. The number of benzene rings is 1. The lowest BCUT2D eigenvalue weighted by Gasteiger charge is -2.29. The van der Waals surface area contributed by atoms with E-state index in [1.54, 1.807) is 15.7 Å². The maximum atomic E-state index is 13.3. The second kappa shape index (κ2) is 8.91. The summed E-state index contributed by atoms with van der Waals surface area (Å²) in [7, 11) is 0. The highest BCUT2D eigenvalue weighted by molar-refractivity contribution is 6.05. The molecule has 3 aromatic rings. The van der Waals surface area contributed by atoms with Crippen molar-refractivity contribution in [1.82, 2.24) is 19.4 Å². The van der Waals surface area contributed by atoms with Crippen LogP contribution >= 0.6 is 0 Å². The number of pyridine rings is 1. The summed E-state index contributed by atoms with van der Waals surface area (Å²) in [6.45, 7) is 2.82. The highest BCUT2D eigenvalue weighted by Crippen LogP contribution is 2.22. The molecule has 0 bridgehead atoms. The van der Waals surface area contributed by atoms with E-state index in [1.165, 1.54) is 25.6 Å². The number of hydrogen-bond acceptors (Lipinski definition) is 5. The number of carbonyl (C=O) groups is 2. The SMILES string of the molecule is CC(=O)N1CCc2c(cn(CCc3ccccc3)c(=O)c2C(=O)Nc2cncnc2)C1. The van der Waals surface area contributed by atoms with E-state index in [0.29, 0.717) is 43.7 Å². The smallest absolute Gasteiger partial charge is 0.263 e. The Morgan fingerprint density at radius 3 is 2.58 bits per heavy atom. The molecule has 2 aromatic heterocycles. The van der Waals surface area contributed by atoms with Crippen LogP contribution in [-0.4, -0.2) is 37.8 Å². The summed E-state index contributed by atoms with van der Waals surface area (Å²) in [5.74, 6) is -0.512. The van der Waals surface area contributed by atoms with Crippen molar-refractivity contribution in [3.05, 3.63) is 87.9 Å². The zero-order valence-electron chi connectivity index (χ0n) is 17.2. The molecular formula is C23H23N5O3. The van der Waals surface area contributed by atoms with Gasteiger partial charge in [0.15, 0.2) is 0 Å². The average Bonchev–Trinajstić information content (AvgIpc) is 2.78. The van der Waals surface area contributed by atoms with Gasteiger partial charge >= 0.3 is 0 Å². The van der Waals surface area contributed by atoms with Gasteiger partial charge in [-0.05, 0) is 29.5 Å². The molecule has 1 aliphatic heterocycles. The number of anilines is 1. The molecule has 0 spiro atoms. The van der Waals surface area contributed by atoms with E-state index in [9.17, 15) is 14.4 Å². The molecule has 4 rings (SSSR count). The molecule has 0 saturated heterocycles. The molecule has 0 saturated carbocycles. The topological polar surface area (TPSA) is 97.2 Å². The summed E-state index contributed by atoms with van der Waals surface area (Å²) in [6.07, 6.45) is 7.23. The van der Waals surface area contributed by atoms with Crippen molar-refractivity contribution in [1.29, 1.82) is 0 Å². The van der Waals surface area contributed by atoms with Crippen LogP contribution in [0.3, 0.4) is 0 Å². The Hall–Kier alpha value is -3.81. The first-order valence-electron chi connectivity index (χ1n) is 10.1. The maximum Gasteiger partial charge on any atom is 0.263 e. The van der Waals surface area contributed by atoms with Crippen LogP contribution in [0.4, 0.5) is 5.69 Å². The summed E-state index contributed by atoms with van der Waals surface area (Å²) < 4.78 is 1.58. The van der Waals surface area contributed by atoms with Gasteiger partial charge in [-0.15, -0.1) is 0 Å². The van der Waals surface area contributed by atoms with Crippen molar-refractivity contribution in [2.45, 2.75) is 32.9 Å². The van der Waals surface area contributed by atoms with Gasteiger partial charge in [-0.25, -0.2) is 9.97 Å². The fourth-order valence-corrected chi connectivity index (χ4v) is 3.83. The molecule has 0 unspecified atom stereocenters. The van der Waals surface area contributed by atoms with Crippen LogP contribution in [0, 0.1) is 0 Å². The molecule has 8 heteroatoms. The monoisotopic (exact) mass is 417 g/mol. The number of nitrogens with one attached hydrogen (secondary N) is 1. The lowest BCUT2D eigenvalue weighted by molar-refractivity contribution is -0.129. The van der Waals surface area contributed by atoms with E-state index >= 15 is 0 Å². The van der Waals surface area contributed by atoms with Crippen molar-refractivity contribution in [2.24, 2.45) is 0 Å². The summed E-state index contributed by atoms with van der Waals surface area (Å²) in [5.41, 5.74) is 2.83. The molecule has 3 heterocycles.